The van der Waals surface area contributed by atoms with Crippen LogP contribution < -0.4 is 5.73 Å². The molecular weight excluding hydrogens is 284 g/mol. The van der Waals surface area contributed by atoms with Crippen molar-refractivity contribution in [2.24, 2.45) is 11.7 Å². The van der Waals surface area contributed by atoms with Gasteiger partial charge in [-0.3, -0.25) is 4.79 Å². The molecule has 1 saturated heterocycles. The third-order valence-electron chi connectivity index (χ3n) is 2.15. The zero-order chi connectivity index (χ0) is 15.2. The van der Waals surface area contributed by atoms with Crippen LogP contribution in [0.25, 0.3) is 0 Å². The van der Waals surface area contributed by atoms with Crippen molar-refractivity contribution in [1.29, 1.82) is 0 Å². The van der Waals surface area contributed by atoms with E-state index in [1.54, 1.807) is 6.92 Å². The summed E-state index contributed by atoms with van der Waals surface area (Å²) in [6.45, 7) is 7.66. The minimum atomic E-state index is -0.922. The van der Waals surface area contributed by atoms with Crippen molar-refractivity contribution in [3.63, 3.8) is 0 Å². The number of carbonyl (C=O) groups is 2. The number of aliphatic carboxylic acids is 1. The van der Waals surface area contributed by atoms with Gasteiger partial charge in [-0.2, -0.15) is 12.6 Å². The van der Waals surface area contributed by atoms with Crippen LogP contribution in [0.15, 0.2) is 0 Å². The first-order valence-corrected chi connectivity index (χ1v) is 7.87. The number of hydrogen-bond acceptors (Lipinski definition) is 5. The first kappa shape index (κ1) is 18.6. The summed E-state index contributed by atoms with van der Waals surface area (Å²) in [7, 11) is 0. The predicted molar refractivity (Wildman–Crippen MR) is 82.6 cm³/mol. The van der Waals surface area contributed by atoms with Crippen molar-refractivity contribution in [1.82, 2.24) is 4.90 Å². The molecule has 1 heterocycles. The third-order valence-corrected chi connectivity index (χ3v) is 3.71. The molecule has 1 aliphatic rings. The van der Waals surface area contributed by atoms with Gasteiger partial charge in [-0.25, -0.2) is 4.79 Å². The molecule has 0 bridgehead atoms. The second-order valence-electron chi connectivity index (χ2n) is 5.61. The number of thioether (sulfide) groups is 1. The summed E-state index contributed by atoms with van der Waals surface area (Å²) >= 11 is 5.50. The number of amides is 1. The molecule has 0 saturated carbocycles. The first-order chi connectivity index (χ1) is 8.57. The van der Waals surface area contributed by atoms with Crippen LogP contribution in [0.5, 0.6) is 0 Å². The Hall–Kier alpha value is -0.400. The van der Waals surface area contributed by atoms with E-state index in [2.05, 4.69) is 12.6 Å². The number of carbonyl (C=O) groups excluding carboxylic acids is 1. The number of hydrogen-bond donors (Lipinski definition) is 3. The van der Waals surface area contributed by atoms with E-state index in [1.165, 1.54) is 16.7 Å². The normalized spacial score (nSPS) is 20.5. The monoisotopic (exact) mass is 308 g/mol. The van der Waals surface area contributed by atoms with Gasteiger partial charge in [0.05, 0.1) is 5.88 Å². The van der Waals surface area contributed by atoms with Crippen molar-refractivity contribution in [3.8, 4) is 0 Å². The lowest BCUT2D eigenvalue weighted by Gasteiger charge is -2.23. The third kappa shape index (κ3) is 7.69. The van der Waals surface area contributed by atoms with Gasteiger partial charge in [-0.1, -0.05) is 6.92 Å². The second kappa shape index (κ2) is 8.01. The van der Waals surface area contributed by atoms with Gasteiger partial charge in [0.2, 0.25) is 5.91 Å². The Morgan fingerprint density at radius 2 is 2.00 bits per heavy atom. The number of thiol groups is 1. The lowest BCUT2D eigenvalue weighted by molar-refractivity contribution is -0.148. The summed E-state index contributed by atoms with van der Waals surface area (Å²) in [4.78, 5) is 23.9. The van der Waals surface area contributed by atoms with Crippen LogP contribution in [0.1, 0.15) is 27.7 Å². The maximum Gasteiger partial charge on any atom is 0.327 e. The molecule has 0 aromatic carbocycles. The van der Waals surface area contributed by atoms with E-state index in [0.717, 1.165) is 0 Å². The van der Waals surface area contributed by atoms with Gasteiger partial charge < -0.3 is 15.7 Å². The van der Waals surface area contributed by atoms with Crippen molar-refractivity contribution >= 4 is 36.3 Å². The van der Waals surface area contributed by atoms with E-state index in [9.17, 15) is 9.59 Å². The zero-order valence-corrected chi connectivity index (χ0v) is 13.6. The van der Waals surface area contributed by atoms with Crippen molar-refractivity contribution in [3.05, 3.63) is 0 Å². The molecule has 1 rings (SSSR count). The summed E-state index contributed by atoms with van der Waals surface area (Å²) in [5.41, 5.74) is 5.35. The number of nitrogens with zero attached hydrogens (tertiary/aromatic N) is 1. The van der Waals surface area contributed by atoms with Gasteiger partial charge in [0, 0.05) is 23.0 Å². The van der Waals surface area contributed by atoms with Gasteiger partial charge in [0.25, 0.3) is 0 Å². The van der Waals surface area contributed by atoms with Crippen molar-refractivity contribution < 1.29 is 14.7 Å². The SMILES string of the molecule is CC(C)(C)N.CC(CS)C(=O)N1CSCC1C(=O)O. The molecule has 0 aromatic heterocycles. The lowest BCUT2D eigenvalue weighted by atomic mass is 10.1. The van der Waals surface area contributed by atoms with Gasteiger partial charge in [-0.05, 0) is 20.8 Å². The van der Waals surface area contributed by atoms with Crippen LogP contribution in [0.3, 0.4) is 0 Å². The van der Waals surface area contributed by atoms with Crippen LogP contribution in [0, 0.1) is 5.92 Å². The minimum Gasteiger partial charge on any atom is -0.480 e. The molecule has 1 amide bonds. The van der Waals surface area contributed by atoms with E-state index in [4.69, 9.17) is 10.8 Å². The zero-order valence-electron chi connectivity index (χ0n) is 11.9. The molecule has 1 fully saturated rings. The molecule has 7 heteroatoms. The van der Waals surface area contributed by atoms with Crippen LogP contribution in [-0.4, -0.2) is 50.8 Å². The maximum absolute atomic E-state index is 11.7. The topological polar surface area (TPSA) is 83.6 Å². The highest BCUT2D eigenvalue weighted by Gasteiger charge is 2.35. The molecule has 19 heavy (non-hydrogen) atoms. The largest absolute Gasteiger partial charge is 0.480 e. The highest BCUT2D eigenvalue weighted by molar-refractivity contribution is 7.99. The summed E-state index contributed by atoms with van der Waals surface area (Å²) in [6, 6.07) is -0.658. The van der Waals surface area contributed by atoms with E-state index in [0.29, 0.717) is 17.4 Å². The number of carboxylic acids is 1. The summed E-state index contributed by atoms with van der Waals surface area (Å²) in [6.07, 6.45) is 0. The van der Waals surface area contributed by atoms with Crippen molar-refractivity contribution in [2.75, 3.05) is 17.4 Å². The maximum atomic E-state index is 11.7. The molecule has 0 radical (unpaired) electrons. The van der Waals surface area contributed by atoms with Gasteiger partial charge >= 0.3 is 5.97 Å². The Morgan fingerprint density at radius 3 is 2.37 bits per heavy atom. The Bertz CT molecular complexity index is 313. The quantitative estimate of drug-likeness (QED) is 0.684. The molecule has 2 atom stereocenters. The van der Waals surface area contributed by atoms with Crippen LogP contribution >= 0.6 is 24.4 Å². The smallest absolute Gasteiger partial charge is 0.327 e. The summed E-state index contributed by atoms with van der Waals surface area (Å²) in [5, 5.41) is 8.86. The molecule has 0 aliphatic carbocycles. The molecular formula is C12H24N2O3S2. The Balaban J connectivity index is 0.000000555. The fraction of sp³-hybridized carbons (Fsp3) is 0.833. The molecule has 112 valence electrons. The second-order valence-corrected chi connectivity index (χ2v) is 6.98. The molecule has 1 aliphatic heterocycles. The van der Waals surface area contributed by atoms with Crippen molar-refractivity contribution in [2.45, 2.75) is 39.3 Å². The summed E-state index contributed by atoms with van der Waals surface area (Å²) in [5.74, 6) is 0.173. The summed E-state index contributed by atoms with van der Waals surface area (Å²) < 4.78 is 0. The van der Waals surface area contributed by atoms with E-state index < -0.39 is 12.0 Å². The average Bonchev–Trinajstić information content (AvgIpc) is 2.73. The van der Waals surface area contributed by atoms with Gasteiger partial charge in [0.15, 0.2) is 0 Å². The van der Waals surface area contributed by atoms with Gasteiger partial charge in [-0.15, -0.1) is 11.8 Å². The highest BCUT2D eigenvalue weighted by atomic mass is 32.2. The molecule has 2 unspecified atom stereocenters. The number of rotatable bonds is 3. The molecule has 0 spiro atoms. The van der Waals surface area contributed by atoms with E-state index >= 15 is 0 Å². The fourth-order valence-corrected chi connectivity index (χ4v) is 2.54. The van der Waals surface area contributed by atoms with E-state index in [1.807, 2.05) is 20.8 Å². The predicted octanol–water partition coefficient (Wildman–Crippen LogP) is 1.28. The molecule has 3 N–H and O–H groups in total. The average molecular weight is 308 g/mol. The number of nitrogens with two attached hydrogens (primary N) is 1. The lowest BCUT2D eigenvalue weighted by Crippen LogP contribution is -2.44. The van der Waals surface area contributed by atoms with Gasteiger partial charge in [0.1, 0.15) is 6.04 Å². The van der Waals surface area contributed by atoms with Crippen LogP contribution in [0.4, 0.5) is 0 Å². The fourth-order valence-electron chi connectivity index (χ4n) is 1.23. The Kier molecular flexibility index (Phi) is 7.85. The van der Waals surface area contributed by atoms with E-state index in [-0.39, 0.29) is 17.4 Å². The highest BCUT2D eigenvalue weighted by Crippen LogP contribution is 2.23. The molecule has 0 aromatic rings. The molecule has 5 nitrogen and oxygen atoms in total. The van der Waals surface area contributed by atoms with Crippen LogP contribution in [-0.2, 0) is 9.59 Å². The Morgan fingerprint density at radius 1 is 1.53 bits per heavy atom. The Labute approximate surface area is 124 Å². The first-order valence-electron chi connectivity index (χ1n) is 6.08. The standard InChI is InChI=1S/C8H13NO3S2.C4H11N/c1-5(2-13)7(10)9-4-14-3-6(9)8(11)12;1-4(2,3)5/h5-6,13H,2-4H2,1H3,(H,11,12);5H2,1-3H3. The van der Waals surface area contributed by atoms with Crippen LogP contribution in [0.2, 0.25) is 0 Å². The number of carboxylic acid groups (broad SMARTS) is 1. The minimum absolute atomic E-state index is 0.